The van der Waals surface area contributed by atoms with E-state index in [1.165, 1.54) is 28.3 Å². The molecule has 0 N–H and O–H groups in total. The first-order chi connectivity index (χ1) is 6.56. The molecule has 6 heteroatoms. The Kier molecular flexibility index (Phi) is 5.94. The van der Waals surface area contributed by atoms with Gasteiger partial charge in [0.1, 0.15) is 6.10 Å². The summed E-state index contributed by atoms with van der Waals surface area (Å²) in [5.74, 6) is -1.88. The number of carbonyl (C=O) groups is 1. The van der Waals surface area contributed by atoms with Crippen molar-refractivity contribution in [2.24, 2.45) is 0 Å². The normalized spacial score (nSPS) is 14.0. The van der Waals surface area contributed by atoms with E-state index < -0.39 is 18.0 Å². The molecule has 0 aromatic heterocycles. The molecular formula is C8H18O5Si. The van der Waals surface area contributed by atoms with E-state index in [1.54, 1.807) is 0 Å². The number of ether oxygens (including phenoxy) is 4. The van der Waals surface area contributed by atoms with Gasteiger partial charge in [0.2, 0.25) is 0 Å². The second-order valence-corrected chi connectivity index (χ2v) is 3.55. The average molecular weight is 222 g/mol. The Morgan fingerprint density at radius 2 is 1.86 bits per heavy atom. The van der Waals surface area contributed by atoms with Gasteiger partial charge in [0.05, 0.1) is 0 Å². The van der Waals surface area contributed by atoms with Crippen molar-refractivity contribution in [3.8, 4) is 0 Å². The molecule has 0 amide bonds. The molecule has 0 aliphatic carbocycles. The minimum atomic E-state index is -1.41. The molecule has 0 aliphatic rings. The van der Waals surface area contributed by atoms with E-state index in [9.17, 15) is 4.79 Å². The van der Waals surface area contributed by atoms with E-state index >= 15 is 0 Å². The van der Waals surface area contributed by atoms with Crippen LogP contribution in [0.3, 0.4) is 0 Å². The topological polar surface area (TPSA) is 54.0 Å². The van der Waals surface area contributed by atoms with Crippen LogP contribution in [0.1, 0.15) is 6.92 Å². The van der Waals surface area contributed by atoms with Crippen molar-refractivity contribution in [2.75, 3.05) is 21.3 Å². The van der Waals surface area contributed by atoms with Gasteiger partial charge in [-0.25, -0.2) is 0 Å². The van der Waals surface area contributed by atoms with Crippen molar-refractivity contribution in [2.45, 2.75) is 25.0 Å². The zero-order valence-corrected chi connectivity index (χ0v) is 11.3. The van der Waals surface area contributed by atoms with Gasteiger partial charge in [-0.05, 0) is 6.04 Å². The Hall–Kier alpha value is -0.433. The third-order valence-electron chi connectivity index (χ3n) is 1.90. The van der Waals surface area contributed by atoms with E-state index in [4.69, 9.17) is 18.9 Å². The third-order valence-corrected chi connectivity index (χ3v) is 2.65. The van der Waals surface area contributed by atoms with Gasteiger partial charge in [0, 0.05) is 38.5 Å². The van der Waals surface area contributed by atoms with E-state index in [1.807, 2.05) is 0 Å². The van der Waals surface area contributed by atoms with Crippen LogP contribution in [0.15, 0.2) is 0 Å². The maximum absolute atomic E-state index is 10.9. The standard InChI is InChI=1S/C8H18O5Si/c1-6(9)13-8(11-3,12-4)7(5-14)10-2/h7H,5H2,1-4,14H3. The van der Waals surface area contributed by atoms with Crippen molar-refractivity contribution >= 4 is 16.2 Å². The van der Waals surface area contributed by atoms with E-state index in [2.05, 4.69) is 0 Å². The van der Waals surface area contributed by atoms with Crippen LogP contribution >= 0.6 is 0 Å². The van der Waals surface area contributed by atoms with Crippen LogP contribution in [-0.4, -0.2) is 49.6 Å². The van der Waals surface area contributed by atoms with Gasteiger partial charge < -0.3 is 18.9 Å². The Bertz CT molecular complexity index is 177. The molecule has 0 spiro atoms. The summed E-state index contributed by atoms with van der Waals surface area (Å²) in [6.07, 6.45) is -0.395. The van der Waals surface area contributed by atoms with Crippen molar-refractivity contribution < 1.29 is 23.7 Å². The smallest absolute Gasteiger partial charge is 0.356 e. The lowest BCUT2D eigenvalue weighted by molar-refractivity contribution is -0.378. The van der Waals surface area contributed by atoms with Crippen LogP contribution in [-0.2, 0) is 23.7 Å². The highest BCUT2D eigenvalue weighted by atomic mass is 28.1. The number of esters is 1. The van der Waals surface area contributed by atoms with E-state index in [-0.39, 0.29) is 0 Å². The number of rotatable bonds is 6. The Labute approximate surface area is 87.1 Å². The van der Waals surface area contributed by atoms with Gasteiger partial charge in [-0.2, -0.15) is 0 Å². The lowest BCUT2D eigenvalue weighted by Crippen LogP contribution is -2.50. The monoisotopic (exact) mass is 222 g/mol. The predicted molar refractivity (Wildman–Crippen MR) is 54.1 cm³/mol. The molecule has 5 nitrogen and oxygen atoms in total. The van der Waals surface area contributed by atoms with Crippen molar-refractivity contribution in [1.29, 1.82) is 0 Å². The number of hydrogen-bond donors (Lipinski definition) is 0. The zero-order chi connectivity index (χ0) is 11.2. The molecule has 0 saturated heterocycles. The predicted octanol–water partition coefficient (Wildman–Crippen LogP) is -0.705. The maximum atomic E-state index is 10.9. The van der Waals surface area contributed by atoms with Gasteiger partial charge >= 0.3 is 11.9 Å². The van der Waals surface area contributed by atoms with Gasteiger partial charge in [-0.15, -0.1) is 0 Å². The molecule has 14 heavy (non-hydrogen) atoms. The minimum Gasteiger partial charge on any atom is -0.406 e. The fourth-order valence-corrected chi connectivity index (χ4v) is 2.09. The second-order valence-electron chi connectivity index (χ2n) is 2.74. The quantitative estimate of drug-likeness (QED) is 0.338. The molecule has 1 unspecified atom stereocenters. The fraction of sp³-hybridized carbons (Fsp3) is 0.875. The molecule has 0 rings (SSSR count). The first-order valence-electron chi connectivity index (χ1n) is 4.39. The Balaban J connectivity index is 4.73. The molecular weight excluding hydrogens is 204 g/mol. The Morgan fingerprint density at radius 3 is 2.07 bits per heavy atom. The summed E-state index contributed by atoms with van der Waals surface area (Å²) in [5.41, 5.74) is 0. The molecule has 0 aromatic rings. The van der Waals surface area contributed by atoms with Crippen LogP contribution in [0.5, 0.6) is 0 Å². The largest absolute Gasteiger partial charge is 0.406 e. The van der Waals surface area contributed by atoms with Gasteiger partial charge in [0.25, 0.3) is 0 Å². The third kappa shape index (κ3) is 3.05. The summed E-state index contributed by atoms with van der Waals surface area (Å²) < 4.78 is 20.3. The van der Waals surface area contributed by atoms with E-state index in [0.717, 1.165) is 16.3 Å². The lowest BCUT2D eigenvalue weighted by atomic mass is 10.3. The number of carbonyl (C=O) groups excluding carboxylic acids is 1. The highest BCUT2D eigenvalue weighted by Gasteiger charge is 2.42. The van der Waals surface area contributed by atoms with Crippen molar-refractivity contribution in [3.63, 3.8) is 0 Å². The summed E-state index contributed by atoms with van der Waals surface area (Å²) >= 11 is 0. The summed E-state index contributed by atoms with van der Waals surface area (Å²) in [6, 6.07) is 0.742. The first-order valence-corrected chi connectivity index (χ1v) is 5.80. The average Bonchev–Trinajstić information content (AvgIpc) is 2.17. The number of hydrogen-bond acceptors (Lipinski definition) is 5. The highest BCUT2D eigenvalue weighted by molar-refractivity contribution is 6.08. The SMILES string of the molecule is COC(C[SiH3])C(OC)(OC)OC(C)=O. The van der Waals surface area contributed by atoms with E-state index in [0.29, 0.717) is 0 Å². The summed E-state index contributed by atoms with van der Waals surface area (Å²) in [7, 11) is 5.25. The highest BCUT2D eigenvalue weighted by Crippen LogP contribution is 2.23. The van der Waals surface area contributed by atoms with Crippen molar-refractivity contribution in [3.05, 3.63) is 0 Å². The van der Waals surface area contributed by atoms with Crippen LogP contribution in [0.25, 0.3) is 0 Å². The molecule has 0 heterocycles. The molecule has 0 bridgehead atoms. The number of methoxy groups -OCH3 is 3. The molecule has 0 fully saturated rings. The molecule has 0 aliphatic heterocycles. The second kappa shape index (κ2) is 6.13. The molecule has 84 valence electrons. The lowest BCUT2D eigenvalue weighted by Gasteiger charge is -2.34. The Morgan fingerprint density at radius 1 is 1.36 bits per heavy atom. The van der Waals surface area contributed by atoms with Crippen molar-refractivity contribution in [1.82, 2.24) is 0 Å². The van der Waals surface area contributed by atoms with Gasteiger partial charge in [0.15, 0.2) is 0 Å². The molecule has 0 radical (unpaired) electrons. The van der Waals surface area contributed by atoms with Crippen LogP contribution in [0.2, 0.25) is 6.04 Å². The fourth-order valence-electron chi connectivity index (χ4n) is 1.26. The van der Waals surface area contributed by atoms with Gasteiger partial charge in [-0.3, -0.25) is 4.79 Å². The summed E-state index contributed by atoms with van der Waals surface area (Å²) in [5, 5.41) is 0. The first kappa shape index (κ1) is 13.6. The summed E-state index contributed by atoms with van der Waals surface area (Å²) in [6.45, 7) is 1.30. The van der Waals surface area contributed by atoms with Crippen LogP contribution < -0.4 is 0 Å². The zero-order valence-electron chi connectivity index (χ0n) is 9.33. The molecule has 1 atom stereocenters. The molecule has 0 aromatic carbocycles. The van der Waals surface area contributed by atoms with Crippen LogP contribution in [0, 0.1) is 0 Å². The molecule has 0 saturated carbocycles. The maximum Gasteiger partial charge on any atom is 0.356 e. The van der Waals surface area contributed by atoms with Crippen LogP contribution in [0.4, 0.5) is 0 Å². The minimum absolute atomic E-state index is 0.395. The van der Waals surface area contributed by atoms with Gasteiger partial charge in [-0.1, -0.05) is 0 Å². The summed E-state index contributed by atoms with van der Waals surface area (Å²) in [4.78, 5) is 10.9.